The fourth-order valence-corrected chi connectivity index (χ4v) is 4.44. The van der Waals surface area contributed by atoms with Crippen molar-refractivity contribution in [1.82, 2.24) is 9.78 Å². The van der Waals surface area contributed by atoms with Crippen molar-refractivity contribution in [1.29, 1.82) is 0 Å². The third kappa shape index (κ3) is 3.42. The number of sulfone groups is 1. The molecule has 0 fully saturated rings. The Balaban J connectivity index is 2.45. The van der Waals surface area contributed by atoms with Gasteiger partial charge < -0.3 is 0 Å². The van der Waals surface area contributed by atoms with E-state index in [-0.39, 0.29) is 15.5 Å². The molecule has 1 N–H and O–H groups in total. The van der Waals surface area contributed by atoms with Gasteiger partial charge in [0, 0.05) is 19.0 Å². The predicted octanol–water partition coefficient (Wildman–Crippen LogP) is 1.11. The molecular weight excluding hydrogens is 314 g/mol. The second-order valence-electron chi connectivity index (χ2n) is 4.41. The van der Waals surface area contributed by atoms with Crippen molar-refractivity contribution in [2.24, 2.45) is 0 Å². The summed E-state index contributed by atoms with van der Waals surface area (Å²) in [5.41, 5.74) is 0.278. The molecule has 0 aliphatic heterocycles. The van der Waals surface area contributed by atoms with Crippen LogP contribution in [0.25, 0.3) is 0 Å². The first-order valence-corrected chi connectivity index (χ1v) is 9.46. The maximum atomic E-state index is 12.4. The minimum absolute atomic E-state index is 0.236. The molecule has 114 valence electrons. The molecule has 0 spiro atoms. The van der Waals surface area contributed by atoms with Crippen LogP contribution in [0.5, 0.6) is 0 Å². The summed E-state index contributed by atoms with van der Waals surface area (Å²) in [5, 5.41) is 3.96. The highest BCUT2D eigenvalue weighted by atomic mass is 32.2. The maximum Gasteiger partial charge on any atom is 0.263 e. The molecule has 2 aromatic rings. The molecule has 1 heterocycles. The quantitative estimate of drug-likeness (QED) is 0.886. The Labute approximate surface area is 123 Å². The van der Waals surface area contributed by atoms with Crippen LogP contribution in [-0.2, 0) is 26.4 Å². The van der Waals surface area contributed by atoms with Crippen LogP contribution in [0, 0.1) is 0 Å². The Morgan fingerprint density at radius 3 is 2.29 bits per heavy atom. The summed E-state index contributed by atoms with van der Waals surface area (Å²) in [4.78, 5) is -0.517. The van der Waals surface area contributed by atoms with Crippen LogP contribution >= 0.6 is 0 Å². The molecule has 0 radical (unpaired) electrons. The van der Waals surface area contributed by atoms with Gasteiger partial charge in [-0.05, 0) is 19.1 Å². The van der Waals surface area contributed by atoms with Gasteiger partial charge in [-0.25, -0.2) is 16.8 Å². The fraction of sp³-hybridized carbons (Fsp3) is 0.250. The van der Waals surface area contributed by atoms with E-state index in [9.17, 15) is 16.8 Å². The maximum absolute atomic E-state index is 12.4. The molecule has 0 aliphatic carbocycles. The monoisotopic (exact) mass is 329 g/mol. The van der Waals surface area contributed by atoms with Crippen LogP contribution < -0.4 is 4.72 Å². The summed E-state index contributed by atoms with van der Waals surface area (Å²) in [6.07, 6.45) is 3.86. The van der Waals surface area contributed by atoms with E-state index in [2.05, 4.69) is 9.82 Å². The zero-order chi connectivity index (χ0) is 15.7. The fourth-order valence-electron chi connectivity index (χ4n) is 1.78. The van der Waals surface area contributed by atoms with Crippen molar-refractivity contribution in [3.63, 3.8) is 0 Å². The Morgan fingerprint density at radius 1 is 1.14 bits per heavy atom. The molecule has 0 atom stereocenters. The molecule has 0 saturated heterocycles. The Hall–Kier alpha value is -1.87. The molecule has 0 amide bonds. The van der Waals surface area contributed by atoms with Gasteiger partial charge in [0.15, 0.2) is 9.84 Å². The number of nitrogens with zero attached hydrogens (tertiary/aromatic N) is 2. The number of hydrogen-bond acceptors (Lipinski definition) is 5. The summed E-state index contributed by atoms with van der Waals surface area (Å²) >= 11 is 0. The Morgan fingerprint density at radius 2 is 1.76 bits per heavy atom. The molecule has 0 unspecified atom stereocenters. The van der Waals surface area contributed by atoms with Gasteiger partial charge in [0.05, 0.1) is 16.8 Å². The zero-order valence-electron chi connectivity index (χ0n) is 11.5. The third-order valence-corrected chi connectivity index (χ3v) is 5.47. The number of anilines is 1. The van der Waals surface area contributed by atoms with Gasteiger partial charge in [0.25, 0.3) is 10.0 Å². The van der Waals surface area contributed by atoms with Crippen LogP contribution in [0.15, 0.2) is 46.5 Å². The number of benzene rings is 1. The summed E-state index contributed by atoms with van der Waals surface area (Å²) in [5.74, 6) is 0. The van der Waals surface area contributed by atoms with Crippen LogP contribution in [0.1, 0.15) is 6.92 Å². The molecule has 7 nitrogen and oxygen atoms in total. The topological polar surface area (TPSA) is 98.1 Å². The summed E-state index contributed by atoms with van der Waals surface area (Å²) < 4.78 is 52.0. The third-order valence-electron chi connectivity index (χ3n) is 2.75. The minimum atomic E-state index is -4.00. The van der Waals surface area contributed by atoms with E-state index in [1.165, 1.54) is 36.7 Å². The molecular formula is C12H15N3O4S2. The lowest BCUT2D eigenvalue weighted by Gasteiger charge is -2.09. The lowest BCUT2D eigenvalue weighted by atomic mass is 10.4. The number of rotatable bonds is 5. The van der Waals surface area contributed by atoms with Crippen LogP contribution in [0.3, 0.4) is 0 Å². The zero-order valence-corrected chi connectivity index (χ0v) is 13.1. The lowest BCUT2D eigenvalue weighted by molar-refractivity contribution is 0.588. The van der Waals surface area contributed by atoms with Gasteiger partial charge in [0.2, 0.25) is 0 Å². The van der Waals surface area contributed by atoms with Gasteiger partial charge in [-0.2, -0.15) is 5.10 Å². The van der Waals surface area contributed by atoms with E-state index in [4.69, 9.17) is 0 Å². The SMILES string of the molecule is CCn1cc(NS(=O)(=O)c2ccccc2S(C)(=O)=O)cn1. The van der Waals surface area contributed by atoms with E-state index in [1.54, 1.807) is 4.68 Å². The van der Waals surface area contributed by atoms with Crippen molar-refractivity contribution in [3.8, 4) is 0 Å². The van der Waals surface area contributed by atoms with Crippen molar-refractivity contribution in [2.75, 3.05) is 11.0 Å². The number of aryl methyl sites for hydroxylation is 1. The number of nitrogens with one attached hydrogen (secondary N) is 1. The minimum Gasteiger partial charge on any atom is -0.276 e. The first-order chi connectivity index (χ1) is 9.74. The molecule has 9 heteroatoms. The highest BCUT2D eigenvalue weighted by Gasteiger charge is 2.23. The van der Waals surface area contributed by atoms with Gasteiger partial charge in [-0.3, -0.25) is 9.40 Å². The summed E-state index contributed by atoms with van der Waals surface area (Å²) in [6.45, 7) is 2.46. The van der Waals surface area contributed by atoms with E-state index < -0.39 is 19.9 Å². The van der Waals surface area contributed by atoms with Crippen molar-refractivity contribution in [3.05, 3.63) is 36.7 Å². The number of hydrogen-bond donors (Lipinski definition) is 1. The van der Waals surface area contributed by atoms with E-state index >= 15 is 0 Å². The Kier molecular flexibility index (Phi) is 4.06. The van der Waals surface area contributed by atoms with Crippen LogP contribution in [0.4, 0.5) is 5.69 Å². The Bertz CT molecular complexity index is 854. The van der Waals surface area contributed by atoms with Gasteiger partial charge in [0.1, 0.15) is 4.90 Å². The van der Waals surface area contributed by atoms with E-state index in [0.29, 0.717) is 6.54 Å². The average molecular weight is 329 g/mol. The highest BCUT2D eigenvalue weighted by Crippen LogP contribution is 2.23. The average Bonchev–Trinajstić information content (AvgIpc) is 2.85. The van der Waals surface area contributed by atoms with Crippen LogP contribution in [-0.4, -0.2) is 32.9 Å². The van der Waals surface area contributed by atoms with Gasteiger partial charge >= 0.3 is 0 Å². The second kappa shape index (κ2) is 5.49. The lowest BCUT2D eigenvalue weighted by Crippen LogP contribution is -2.16. The first kappa shape index (κ1) is 15.5. The van der Waals surface area contributed by atoms with Crippen molar-refractivity contribution in [2.45, 2.75) is 23.3 Å². The second-order valence-corrected chi connectivity index (χ2v) is 8.04. The van der Waals surface area contributed by atoms with E-state index in [0.717, 1.165) is 6.26 Å². The first-order valence-electron chi connectivity index (χ1n) is 6.08. The van der Waals surface area contributed by atoms with Gasteiger partial charge in [-0.1, -0.05) is 12.1 Å². The molecule has 0 bridgehead atoms. The molecule has 1 aromatic heterocycles. The van der Waals surface area contributed by atoms with Crippen molar-refractivity contribution >= 4 is 25.5 Å². The number of aromatic nitrogens is 2. The summed E-state index contributed by atoms with van der Waals surface area (Å²) in [6, 6.07) is 5.46. The predicted molar refractivity (Wildman–Crippen MR) is 78.3 cm³/mol. The molecule has 2 rings (SSSR count). The van der Waals surface area contributed by atoms with Gasteiger partial charge in [-0.15, -0.1) is 0 Å². The largest absolute Gasteiger partial charge is 0.276 e. The van der Waals surface area contributed by atoms with E-state index in [1.807, 2.05) is 6.92 Å². The smallest absolute Gasteiger partial charge is 0.263 e. The molecule has 21 heavy (non-hydrogen) atoms. The number of sulfonamides is 1. The van der Waals surface area contributed by atoms with Crippen molar-refractivity contribution < 1.29 is 16.8 Å². The molecule has 1 aromatic carbocycles. The van der Waals surface area contributed by atoms with Crippen LogP contribution in [0.2, 0.25) is 0 Å². The highest BCUT2D eigenvalue weighted by molar-refractivity contribution is 7.95. The molecule has 0 saturated carbocycles. The normalized spacial score (nSPS) is 12.3. The summed E-state index contributed by atoms with van der Waals surface area (Å²) in [7, 11) is -7.65. The molecule has 0 aliphatic rings. The standard InChI is InChI=1S/C12H15N3O4S2/c1-3-15-9-10(8-13-15)14-21(18,19)12-7-5-4-6-11(12)20(2,16)17/h4-9,14H,3H2,1-2H3.